The molecule has 0 fully saturated rings. The van der Waals surface area contributed by atoms with E-state index in [1.807, 2.05) is 0 Å². The highest BCUT2D eigenvalue weighted by molar-refractivity contribution is 9.10. The van der Waals surface area contributed by atoms with Gasteiger partial charge in [-0.05, 0) is 25.7 Å². The van der Waals surface area contributed by atoms with E-state index in [-0.39, 0.29) is 4.32 Å². The Morgan fingerprint density at radius 1 is 1.00 bits per heavy atom. The summed E-state index contributed by atoms with van der Waals surface area (Å²) < 4.78 is 0.172. The lowest BCUT2D eigenvalue weighted by atomic mass is 9.86. The van der Waals surface area contributed by atoms with E-state index in [9.17, 15) is 0 Å². The van der Waals surface area contributed by atoms with Gasteiger partial charge in [-0.3, -0.25) is 0 Å². The number of hydrogen-bond donors (Lipinski definition) is 0. The highest BCUT2D eigenvalue weighted by Gasteiger charge is 2.22. The summed E-state index contributed by atoms with van der Waals surface area (Å²) in [5.74, 6) is 0. The molecule has 0 unspecified atom stereocenters. The highest BCUT2D eigenvalue weighted by atomic mass is 79.9. The zero-order valence-corrected chi connectivity index (χ0v) is 8.54. The molecule has 0 heterocycles. The van der Waals surface area contributed by atoms with Crippen LogP contribution in [0.5, 0.6) is 0 Å². The Kier molecular flexibility index (Phi) is 2.75. The largest absolute Gasteiger partial charge is 0.0856 e. The van der Waals surface area contributed by atoms with Crippen molar-refractivity contribution in [2.45, 2.75) is 38.9 Å². The third-order valence-corrected chi connectivity index (χ3v) is 1.01. The molecule has 0 saturated carbocycles. The van der Waals surface area contributed by atoms with E-state index in [2.05, 4.69) is 57.0 Å². The van der Waals surface area contributed by atoms with E-state index in [4.69, 9.17) is 0 Å². The van der Waals surface area contributed by atoms with Crippen LogP contribution in [0, 0.1) is 11.8 Å². The minimum atomic E-state index is 0.172. The molecule has 0 aliphatic rings. The molecule has 0 aromatic heterocycles. The fourth-order valence-corrected chi connectivity index (χ4v) is 1.72. The van der Waals surface area contributed by atoms with Gasteiger partial charge in [0.1, 0.15) is 0 Å². The number of hydrogen-bond acceptors (Lipinski definition) is 0. The average Bonchev–Trinajstić information content (AvgIpc) is 1.14. The minimum absolute atomic E-state index is 0.172. The van der Waals surface area contributed by atoms with Crippen LogP contribution in [0.3, 0.4) is 0 Å². The van der Waals surface area contributed by atoms with Crippen molar-refractivity contribution in [3.63, 3.8) is 0 Å². The number of rotatable bonds is 1. The van der Waals surface area contributed by atoms with Gasteiger partial charge >= 0.3 is 0 Å². The first kappa shape index (κ1) is 9.48. The second-order valence-electron chi connectivity index (χ2n) is 4.07. The molecule has 0 amide bonds. The lowest BCUT2D eigenvalue weighted by Crippen LogP contribution is -2.21. The Hall–Kier alpha value is 0.480. The molecule has 0 rings (SSSR count). The first-order valence-electron chi connectivity index (χ1n) is 3.27. The van der Waals surface area contributed by atoms with Crippen molar-refractivity contribution in [3.05, 3.63) is 6.42 Å². The van der Waals surface area contributed by atoms with Gasteiger partial charge in [0, 0.05) is 4.32 Å². The summed E-state index contributed by atoms with van der Waals surface area (Å²) in [6.45, 7) is 10.9. The molecule has 55 valence electrons. The fraction of sp³-hybridized carbons (Fsp3) is 0.875. The second-order valence-corrected chi connectivity index (χ2v) is 6.12. The molecule has 9 heavy (non-hydrogen) atoms. The van der Waals surface area contributed by atoms with Crippen molar-refractivity contribution < 1.29 is 0 Å². The summed E-state index contributed by atoms with van der Waals surface area (Å²) >= 11 is 3.56. The lowest BCUT2D eigenvalue weighted by Gasteiger charge is -2.26. The summed E-state index contributed by atoms with van der Waals surface area (Å²) in [6.07, 6.45) is 2.29. The van der Waals surface area contributed by atoms with Crippen LogP contribution in [0.15, 0.2) is 0 Å². The van der Waals surface area contributed by atoms with Crippen LogP contribution in [0.1, 0.15) is 34.6 Å². The van der Waals surface area contributed by atoms with Crippen LogP contribution in [-0.4, -0.2) is 4.32 Å². The van der Waals surface area contributed by atoms with Crippen LogP contribution in [0.2, 0.25) is 0 Å². The maximum atomic E-state index is 3.56. The minimum Gasteiger partial charge on any atom is -0.0856 e. The predicted octanol–water partition coefficient (Wildman–Crippen LogP) is 3.41. The van der Waals surface area contributed by atoms with E-state index >= 15 is 0 Å². The Morgan fingerprint density at radius 3 is 1.33 bits per heavy atom. The van der Waals surface area contributed by atoms with E-state index in [1.54, 1.807) is 0 Å². The van der Waals surface area contributed by atoms with E-state index in [1.165, 1.54) is 0 Å². The van der Waals surface area contributed by atoms with Crippen LogP contribution >= 0.6 is 15.9 Å². The molecule has 0 N–H and O–H groups in total. The SMILES string of the molecule is CC(C)(C)[CH]C(C)(C)Br. The third kappa shape index (κ3) is 8.48. The van der Waals surface area contributed by atoms with Crippen molar-refractivity contribution >= 4 is 15.9 Å². The maximum Gasteiger partial charge on any atom is 0.0238 e. The summed E-state index contributed by atoms with van der Waals surface area (Å²) in [5.41, 5.74) is 0.312. The Bertz CT molecular complexity index is 69.7. The van der Waals surface area contributed by atoms with E-state index in [0.29, 0.717) is 5.41 Å². The molecule has 0 aromatic rings. The van der Waals surface area contributed by atoms with Gasteiger partial charge in [-0.25, -0.2) is 0 Å². The standard InChI is InChI=1S/C8H16Br/c1-7(2,3)6-8(4,5)9/h6H,1-5H3. The Balaban J connectivity index is 3.75. The number of halogens is 1. The van der Waals surface area contributed by atoms with Gasteiger partial charge in [-0.1, -0.05) is 36.7 Å². The molecule has 0 aliphatic heterocycles. The molecule has 0 spiro atoms. The van der Waals surface area contributed by atoms with Crippen LogP contribution in [-0.2, 0) is 0 Å². The highest BCUT2D eigenvalue weighted by Crippen LogP contribution is 2.31. The third-order valence-electron chi connectivity index (χ3n) is 0.776. The van der Waals surface area contributed by atoms with Crippen LogP contribution < -0.4 is 0 Å². The number of alkyl halides is 1. The summed E-state index contributed by atoms with van der Waals surface area (Å²) in [7, 11) is 0. The zero-order valence-electron chi connectivity index (χ0n) is 6.96. The van der Waals surface area contributed by atoms with Gasteiger partial charge in [0.15, 0.2) is 0 Å². The molecule has 0 atom stereocenters. The monoisotopic (exact) mass is 191 g/mol. The molecule has 0 saturated heterocycles. The average molecular weight is 192 g/mol. The molecule has 0 aromatic carbocycles. The van der Waals surface area contributed by atoms with Gasteiger partial charge in [0.2, 0.25) is 0 Å². The first-order chi connectivity index (χ1) is 3.71. The summed E-state index contributed by atoms with van der Waals surface area (Å²) in [6, 6.07) is 0. The van der Waals surface area contributed by atoms with Crippen molar-refractivity contribution in [2.75, 3.05) is 0 Å². The molecular weight excluding hydrogens is 176 g/mol. The van der Waals surface area contributed by atoms with Crippen molar-refractivity contribution in [3.8, 4) is 0 Å². The summed E-state index contributed by atoms with van der Waals surface area (Å²) in [5, 5.41) is 0. The van der Waals surface area contributed by atoms with Crippen molar-refractivity contribution in [2.24, 2.45) is 5.41 Å². The summed E-state index contributed by atoms with van der Waals surface area (Å²) in [4.78, 5) is 0. The predicted molar refractivity (Wildman–Crippen MR) is 46.8 cm³/mol. The Morgan fingerprint density at radius 2 is 1.33 bits per heavy atom. The smallest absolute Gasteiger partial charge is 0.0238 e. The molecule has 0 aliphatic carbocycles. The van der Waals surface area contributed by atoms with E-state index in [0.717, 1.165) is 0 Å². The maximum absolute atomic E-state index is 3.56. The zero-order chi connectivity index (χ0) is 7.71. The molecule has 1 heteroatoms. The molecule has 0 nitrogen and oxygen atoms in total. The van der Waals surface area contributed by atoms with Crippen molar-refractivity contribution in [1.82, 2.24) is 0 Å². The van der Waals surface area contributed by atoms with Gasteiger partial charge in [0.05, 0.1) is 0 Å². The van der Waals surface area contributed by atoms with Gasteiger partial charge in [-0.15, -0.1) is 0 Å². The quantitative estimate of drug-likeness (QED) is 0.558. The molecule has 0 bridgehead atoms. The molecular formula is C8H16Br. The topological polar surface area (TPSA) is 0 Å². The normalized spacial score (nSPS) is 14.0. The molecule has 1 radical (unpaired) electrons. The van der Waals surface area contributed by atoms with Gasteiger partial charge < -0.3 is 0 Å². The van der Waals surface area contributed by atoms with Crippen LogP contribution in [0.4, 0.5) is 0 Å². The fourth-order valence-electron chi connectivity index (χ4n) is 1.03. The second kappa shape index (κ2) is 2.61. The Labute approximate surface area is 67.2 Å². The van der Waals surface area contributed by atoms with Crippen LogP contribution in [0.25, 0.3) is 0 Å². The van der Waals surface area contributed by atoms with E-state index < -0.39 is 0 Å². The lowest BCUT2D eigenvalue weighted by molar-refractivity contribution is 0.456. The van der Waals surface area contributed by atoms with Gasteiger partial charge in [0.25, 0.3) is 0 Å². The van der Waals surface area contributed by atoms with Gasteiger partial charge in [-0.2, -0.15) is 0 Å². The van der Waals surface area contributed by atoms with Crippen molar-refractivity contribution in [1.29, 1.82) is 0 Å². The first-order valence-corrected chi connectivity index (χ1v) is 4.06.